The summed E-state index contributed by atoms with van der Waals surface area (Å²) in [7, 11) is 0. The Morgan fingerprint density at radius 3 is 2.31 bits per heavy atom. The van der Waals surface area contributed by atoms with Crippen LogP contribution in [0.25, 0.3) is 0 Å². The molecule has 1 aliphatic heterocycles. The zero-order valence-electron chi connectivity index (χ0n) is 8.63. The van der Waals surface area contributed by atoms with Gasteiger partial charge in [0.25, 0.3) is 0 Å². The van der Waals surface area contributed by atoms with Gasteiger partial charge in [-0.1, -0.05) is 20.8 Å². The number of piperidine rings is 1. The van der Waals surface area contributed by atoms with Crippen LogP contribution < -0.4 is 5.32 Å². The summed E-state index contributed by atoms with van der Waals surface area (Å²) in [4.78, 5) is 10.6. The second-order valence-corrected chi connectivity index (χ2v) is 4.94. The SMILES string of the molecule is CC(C)(C)[C@@H]1CC[C@H](C(=O)O)NC1. The maximum Gasteiger partial charge on any atom is 0.320 e. The van der Waals surface area contributed by atoms with Crippen LogP contribution in [0, 0.1) is 11.3 Å². The third kappa shape index (κ3) is 2.69. The highest BCUT2D eigenvalue weighted by molar-refractivity contribution is 5.73. The third-order valence-electron chi connectivity index (χ3n) is 2.94. The lowest BCUT2D eigenvalue weighted by Crippen LogP contribution is -2.46. The Morgan fingerprint density at radius 2 is 2.00 bits per heavy atom. The van der Waals surface area contributed by atoms with Crippen molar-refractivity contribution in [2.45, 2.75) is 39.7 Å². The van der Waals surface area contributed by atoms with Gasteiger partial charge in [-0.15, -0.1) is 0 Å². The molecule has 0 aromatic heterocycles. The van der Waals surface area contributed by atoms with E-state index in [0.717, 1.165) is 19.4 Å². The van der Waals surface area contributed by atoms with Crippen molar-refractivity contribution >= 4 is 5.97 Å². The number of carboxylic acids is 1. The molecule has 0 spiro atoms. The van der Waals surface area contributed by atoms with Crippen LogP contribution in [-0.2, 0) is 4.79 Å². The van der Waals surface area contributed by atoms with Crippen LogP contribution in [0.1, 0.15) is 33.6 Å². The van der Waals surface area contributed by atoms with Gasteiger partial charge in [-0.25, -0.2) is 0 Å². The first-order valence-electron chi connectivity index (χ1n) is 4.87. The molecule has 1 rings (SSSR count). The Bertz CT molecular complexity index is 188. The van der Waals surface area contributed by atoms with Gasteiger partial charge in [0, 0.05) is 0 Å². The van der Waals surface area contributed by atoms with Gasteiger partial charge in [-0.2, -0.15) is 0 Å². The number of hydrogen-bond acceptors (Lipinski definition) is 2. The number of nitrogens with one attached hydrogen (secondary N) is 1. The van der Waals surface area contributed by atoms with Crippen LogP contribution in [-0.4, -0.2) is 23.7 Å². The third-order valence-corrected chi connectivity index (χ3v) is 2.94. The van der Waals surface area contributed by atoms with Crippen molar-refractivity contribution in [2.24, 2.45) is 11.3 Å². The molecule has 0 radical (unpaired) electrons. The van der Waals surface area contributed by atoms with Gasteiger partial charge in [0.05, 0.1) is 0 Å². The lowest BCUT2D eigenvalue weighted by atomic mass is 9.75. The van der Waals surface area contributed by atoms with Crippen molar-refractivity contribution in [3.8, 4) is 0 Å². The Hall–Kier alpha value is -0.570. The number of carboxylic acid groups (broad SMARTS) is 1. The van der Waals surface area contributed by atoms with E-state index in [9.17, 15) is 4.79 Å². The highest BCUT2D eigenvalue weighted by atomic mass is 16.4. The second kappa shape index (κ2) is 3.66. The van der Waals surface area contributed by atoms with E-state index in [-0.39, 0.29) is 11.5 Å². The van der Waals surface area contributed by atoms with E-state index in [1.165, 1.54) is 0 Å². The lowest BCUT2D eigenvalue weighted by molar-refractivity contribution is -0.140. The predicted octanol–water partition coefficient (Wildman–Crippen LogP) is 1.49. The van der Waals surface area contributed by atoms with Crippen LogP contribution >= 0.6 is 0 Å². The fraction of sp³-hybridized carbons (Fsp3) is 0.900. The molecule has 0 aromatic carbocycles. The minimum absolute atomic E-state index is 0.288. The lowest BCUT2D eigenvalue weighted by Gasteiger charge is -2.36. The predicted molar refractivity (Wildman–Crippen MR) is 51.6 cm³/mol. The first kappa shape index (κ1) is 10.5. The summed E-state index contributed by atoms with van der Waals surface area (Å²) < 4.78 is 0. The van der Waals surface area contributed by atoms with E-state index in [2.05, 4.69) is 26.1 Å². The summed E-state index contributed by atoms with van der Waals surface area (Å²) in [6.07, 6.45) is 1.78. The Balaban J connectivity index is 2.44. The normalized spacial score (nSPS) is 30.1. The summed E-state index contributed by atoms with van der Waals surface area (Å²) in [6.45, 7) is 7.46. The second-order valence-electron chi connectivity index (χ2n) is 4.94. The molecule has 76 valence electrons. The Kier molecular flexibility index (Phi) is 2.96. The van der Waals surface area contributed by atoms with Crippen molar-refractivity contribution < 1.29 is 9.90 Å². The first-order valence-corrected chi connectivity index (χ1v) is 4.87. The van der Waals surface area contributed by atoms with E-state index in [1.54, 1.807) is 0 Å². The largest absolute Gasteiger partial charge is 0.480 e. The van der Waals surface area contributed by atoms with Crippen LogP contribution in [0.3, 0.4) is 0 Å². The van der Waals surface area contributed by atoms with Crippen LogP contribution in [0.2, 0.25) is 0 Å². The zero-order chi connectivity index (χ0) is 10.1. The molecular weight excluding hydrogens is 166 g/mol. The molecule has 2 atom stereocenters. The van der Waals surface area contributed by atoms with Crippen LogP contribution in [0.15, 0.2) is 0 Å². The molecule has 13 heavy (non-hydrogen) atoms. The van der Waals surface area contributed by atoms with Crippen molar-refractivity contribution in [3.05, 3.63) is 0 Å². The topological polar surface area (TPSA) is 49.3 Å². The van der Waals surface area contributed by atoms with Crippen LogP contribution in [0.5, 0.6) is 0 Å². The van der Waals surface area contributed by atoms with E-state index in [4.69, 9.17) is 5.11 Å². The van der Waals surface area contributed by atoms with Gasteiger partial charge >= 0.3 is 5.97 Å². The maximum atomic E-state index is 10.6. The molecule has 0 aromatic rings. The monoisotopic (exact) mass is 185 g/mol. The van der Waals surface area contributed by atoms with Gasteiger partial charge < -0.3 is 10.4 Å². The fourth-order valence-corrected chi connectivity index (χ4v) is 1.81. The molecule has 0 bridgehead atoms. The molecule has 0 unspecified atom stereocenters. The molecule has 0 amide bonds. The molecule has 3 nitrogen and oxygen atoms in total. The van der Waals surface area contributed by atoms with Crippen molar-refractivity contribution in [2.75, 3.05) is 6.54 Å². The fourth-order valence-electron chi connectivity index (χ4n) is 1.81. The van der Waals surface area contributed by atoms with Gasteiger partial charge in [0.15, 0.2) is 0 Å². The minimum atomic E-state index is -0.715. The summed E-state index contributed by atoms with van der Waals surface area (Å²) in [5, 5.41) is 11.8. The zero-order valence-corrected chi connectivity index (χ0v) is 8.63. The molecule has 0 saturated carbocycles. The summed E-state index contributed by atoms with van der Waals surface area (Å²) in [5.74, 6) is -0.115. The highest BCUT2D eigenvalue weighted by Crippen LogP contribution is 2.31. The molecule has 3 heteroatoms. The quantitative estimate of drug-likeness (QED) is 0.650. The van der Waals surface area contributed by atoms with Gasteiger partial charge in [0.2, 0.25) is 0 Å². The summed E-state index contributed by atoms with van der Waals surface area (Å²) >= 11 is 0. The van der Waals surface area contributed by atoms with E-state index in [1.807, 2.05) is 0 Å². The van der Waals surface area contributed by atoms with E-state index >= 15 is 0 Å². The summed E-state index contributed by atoms with van der Waals surface area (Å²) in [6, 6.07) is -0.321. The average molecular weight is 185 g/mol. The molecular formula is C10H19NO2. The van der Waals surface area contributed by atoms with E-state index in [0.29, 0.717) is 5.92 Å². The molecule has 1 aliphatic rings. The van der Waals surface area contributed by atoms with Gasteiger partial charge in [0.1, 0.15) is 6.04 Å². The average Bonchev–Trinajstić information content (AvgIpc) is 2.03. The number of carbonyl (C=O) groups is 1. The smallest absolute Gasteiger partial charge is 0.320 e. The highest BCUT2D eigenvalue weighted by Gasteiger charge is 2.31. The van der Waals surface area contributed by atoms with Crippen molar-refractivity contribution in [1.29, 1.82) is 0 Å². The maximum absolute atomic E-state index is 10.6. The molecule has 0 aliphatic carbocycles. The van der Waals surface area contributed by atoms with Gasteiger partial charge in [-0.05, 0) is 30.7 Å². The molecule has 2 N–H and O–H groups in total. The van der Waals surface area contributed by atoms with E-state index < -0.39 is 5.97 Å². The molecule has 1 heterocycles. The Labute approximate surface area is 79.5 Å². The summed E-state index contributed by atoms with van der Waals surface area (Å²) in [5.41, 5.74) is 0.288. The number of aliphatic carboxylic acids is 1. The number of hydrogen-bond donors (Lipinski definition) is 2. The minimum Gasteiger partial charge on any atom is -0.480 e. The standard InChI is InChI=1S/C10H19NO2/c1-10(2,3)7-4-5-8(9(12)13)11-6-7/h7-8,11H,4-6H2,1-3H3,(H,12,13)/t7-,8-/m1/s1. The van der Waals surface area contributed by atoms with Crippen LogP contribution in [0.4, 0.5) is 0 Å². The first-order chi connectivity index (χ1) is 5.91. The van der Waals surface area contributed by atoms with Gasteiger partial charge in [-0.3, -0.25) is 4.79 Å². The van der Waals surface area contributed by atoms with Crippen molar-refractivity contribution in [3.63, 3.8) is 0 Å². The molecule has 1 fully saturated rings. The Morgan fingerprint density at radius 1 is 1.38 bits per heavy atom. The number of rotatable bonds is 1. The molecule has 1 saturated heterocycles. The van der Waals surface area contributed by atoms with Crippen molar-refractivity contribution in [1.82, 2.24) is 5.32 Å².